The van der Waals surface area contributed by atoms with Crippen LogP contribution < -0.4 is 16.4 Å². The summed E-state index contributed by atoms with van der Waals surface area (Å²) < 4.78 is 8.10. The van der Waals surface area contributed by atoms with Crippen molar-refractivity contribution in [2.24, 2.45) is 7.05 Å². The van der Waals surface area contributed by atoms with Gasteiger partial charge in [0.25, 0.3) is 17.0 Å². The standard InChI is InChI=1S/C24H23N5O5/c1-15-22(24(33)29(28(15)2)16-8-4-3-5-9-16)27-20(30)14-34-21(31)13-12-19-25-18-11-7-6-10-17(18)23(32)26-19/h3-11H,12-14H2,1-2H3,(H,27,30)(H,25,26,32). The number of nitrogens with one attached hydrogen (secondary N) is 2. The predicted molar refractivity (Wildman–Crippen MR) is 126 cm³/mol. The van der Waals surface area contributed by atoms with Gasteiger partial charge in [0.1, 0.15) is 11.5 Å². The van der Waals surface area contributed by atoms with Crippen molar-refractivity contribution < 1.29 is 14.3 Å². The third kappa shape index (κ3) is 4.65. The number of anilines is 1. The first-order valence-corrected chi connectivity index (χ1v) is 10.6. The largest absolute Gasteiger partial charge is 0.456 e. The molecule has 0 aliphatic heterocycles. The zero-order chi connectivity index (χ0) is 24.2. The number of carbonyl (C=O) groups is 2. The van der Waals surface area contributed by atoms with Gasteiger partial charge in [0.15, 0.2) is 6.61 Å². The van der Waals surface area contributed by atoms with Gasteiger partial charge in [-0.05, 0) is 31.2 Å². The van der Waals surface area contributed by atoms with Crippen molar-refractivity contribution in [3.05, 3.63) is 86.8 Å². The van der Waals surface area contributed by atoms with Gasteiger partial charge in [-0.1, -0.05) is 30.3 Å². The first-order valence-electron chi connectivity index (χ1n) is 10.6. The highest BCUT2D eigenvalue weighted by Gasteiger charge is 2.19. The molecule has 2 N–H and O–H groups in total. The van der Waals surface area contributed by atoms with Gasteiger partial charge in [-0.2, -0.15) is 0 Å². The maximum absolute atomic E-state index is 12.8. The van der Waals surface area contributed by atoms with E-state index in [0.29, 0.717) is 28.1 Å². The van der Waals surface area contributed by atoms with E-state index in [-0.39, 0.29) is 24.1 Å². The maximum atomic E-state index is 12.8. The van der Waals surface area contributed by atoms with E-state index in [4.69, 9.17) is 4.74 Å². The number of nitrogens with zero attached hydrogens (tertiary/aromatic N) is 3. The zero-order valence-electron chi connectivity index (χ0n) is 18.7. The minimum absolute atomic E-state index is 0.0697. The summed E-state index contributed by atoms with van der Waals surface area (Å²) in [5.74, 6) is -0.902. The molecular formula is C24H23N5O5. The Balaban J connectivity index is 1.35. The van der Waals surface area contributed by atoms with Crippen LogP contribution in [-0.4, -0.2) is 37.8 Å². The lowest BCUT2D eigenvalue weighted by atomic mass is 10.2. The number of ether oxygens (including phenoxy) is 1. The fourth-order valence-corrected chi connectivity index (χ4v) is 3.58. The van der Waals surface area contributed by atoms with Gasteiger partial charge in [0, 0.05) is 13.5 Å². The van der Waals surface area contributed by atoms with Gasteiger partial charge in [-0.25, -0.2) is 9.67 Å². The Bertz CT molecular complexity index is 1480. The molecule has 0 radical (unpaired) electrons. The number of hydrogen-bond donors (Lipinski definition) is 2. The molecule has 0 aliphatic rings. The number of hydrogen-bond acceptors (Lipinski definition) is 6. The van der Waals surface area contributed by atoms with Crippen molar-refractivity contribution in [2.75, 3.05) is 11.9 Å². The summed E-state index contributed by atoms with van der Waals surface area (Å²) in [4.78, 5) is 56.4. The number of esters is 1. The minimum atomic E-state index is -0.628. The van der Waals surface area contributed by atoms with Crippen molar-refractivity contribution in [3.8, 4) is 5.69 Å². The van der Waals surface area contributed by atoms with Gasteiger partial charge in [-0.3, -0.25) is 23.9 Å². The molecule has 2 aromatic carbocycles. The first-order chi connectivity index (χ1) is 16.3. The van der Waals surface area contributed by atoms with Crippen molar-refractivity contribution in [1.82, 2.24) is 19.3 Å². The molecule has 2 heterocycles. The SMILES string of the molecule is Cc1c(NC(=O)COC(=O)CCc2nc3ccccc3c(=O)[nH]2)c(=O)n(-c2ccccc2)n1C. The molecule has 0 aliphatic carbocycles. The Morgan fingerprint density at radius 2 is 1.76 bits per heavy atom. The van der Waals surface area contributed by atoms with E-state index in [1.54, 1.807) is 55.1 Å². The van der Waals surface area contributed by atoms with Crippen LogP contribution in [0.2, 0.25) is 0 Å². The second kappa shape index (κ2) is 9.57. The Kier molecular flexibility index (Phi) is 6.39. The van der Waals surface area contributed by atoms with Crippen LogP contribution in [0.15, 0.2) is 64.2 Å². The number of fused-ring (bicyclic) bond motifs is 1. The van der Waals surface area contributed by atoms with Crippen LogP contribution >= 0.6 is 0 Å². The monoisotopic (exact) mass is 461 g/mol. The van der Waals surface area contributed by atoms with Crippen LogP contribution in [0.3, 0.4) is 0 Å². The number of aromatic nitrogens is 4. The van der Waals surface area contributed by atoms with E-state index >= 15 is 0 Å². The minimum Gasteiger partial charge on any atom is -0.456 e. The highest BCUT2D eigenvalue weighted by molar-refractivity contribution is 5.93. The third-order valence-corrected chi connectivity index (χ3v) is 5.41. The Morgan fingerprint density at radius 1 is 1.06 bits per heavy atom. The molecule has 0 atom stereocenters. The van der Waals surface area contributed by atoms with Gasteiger partial charge >= 0.3 is 5.97 Å². The molecule has 0 saturated heterocycles. The number of benzene rings is 2. The van der Waals surface area contributed by atoms with E-state index in [1.807, 2.05) is 18.2 Å². The predicted octanol–water partition coefficient (Wildman–Crippen LogP) is 1.84. The van der Waals surface area contributed by atoms with Gasteiger partial charge in [0.2, 0.25) is 0 Å². The summed E-state index contributed by atoms with van der Waals surface area (Å²) >= 11 is 0. The molecular weight excluding hydrogens is 438 g/mol. The molecule has 1 amide bonds. The van der Waals surface area contributed by atoms with Crippen molar-refractivity contribution in [3.63, 3.8) is 0 Å². The third-order valence-electron chi connectivity index (χ3n) is 5.41. The molecule has 0 bridgehead atoms. The molecule has 174 valence electrons. The number of carbonyl (C=O) groups excluding carboxylic acids is 2. The van der Waals surface area contributed by atoms with Gasteiger partial charge in [-0.15, -0.1) is 0 Å². The summed E-state index contributed by atoms with van der Waals surface area (Å²) in [6, 6.07) is 15.9. The fraction of sp³-hybridized carbons (Fsp3) is 0.208. The number of aromatic amines is 1. The van der Waals surface area contributed by atoms with Crippen molar-refractivity contribution >= 4 is 28.5 Å². The van der Waals surface area contributed by atoms with Crippen LogP contribution in [-0.2, 0) is 27.8 Å². The molecule has 0 fully saturated rings. The Morgan fingerprint density at radius 3 is 2.53 bits per heavy atom. The molecule has 0 unspecified atom stereocenters. The number of amides is 1. The van der Waals surface area contributed by atoms with Crippen LogP contribution in [0.1, 0.15) is 17.9 Å². The maximum Gasteiger partial charge on any atom is 0.306 e. The number of para-hydroxylation sites is 2. The molecule has 0 spiro atoms. The fourth-order valence-electron chi connectivity index (χ4n) is 3.58. The Labute approximate surface area is 193 Å². The smallest absolute Gasteiger partial charge is 0.306 e. The molecule has 4 aromatic rings. The molecule has 34 heavy (non-hydrogen) atoms. The molecule has 0 saturated carbocycles. The Hall–Kier alpha value is -4.47. The highest BCUT2D eigenvalue weighted by atomic mass is 16.5. The first kappa shape index (κ1) is 22.7. The summed E-state index contributed by atoms with van der Waals surface area (Å²) in [6.07, 6.45) is 0.0832. The van der Waals surface area contributed by atoms with E-state index in [9.17, 15) is 19.2 Å². The summed E-state index contributed by atoms with van der Waals surface area (Å²) in [6.45, 7) is 1.17. The van der Waals surface area contributed by atoms with Gasteiger partial charge < -0.3 is 15.0 Å². The van der Waals surface area contributed by atoms with Crippen molar-refractivity contribution in [2.45, 2.75) is 19.8 Å². The van der Waals surface area contributed by atoms with E-state index in [0.717, 1.165) is 0 Å². The number of rotatable bonds is 7. The number of H-pyrrole nitrogens is 1. The quantitative estimate of drug-likeness (QED) is 0.404. The second-order valence-electron chi connectivity index (χ2n) is 7.68. The summed E-state index contributed by atoms with van der Waals surface area (Å²) in [5, 5.41) is 3.00. The second-order valence-corrected chi connectivity index (χ2v) is 7.68. The lowest BCUT2D eigenvalue weighted by molar-refractivity contribution is -0.147. The van der Waals surface area contributed by atoms with Crippen LogP contribution in [0, 0.1) is 6.92 Å². The van der Waals surface area contributed by atoms with Crippen LogP contribution in [0.4, 0.5) is 5.69 Å². The average Bonchev–Trinajstić information content (AvgIpc) is 3.05. The molecule has 10 heteroatoms. The lowest BCUT2D eigenvalue weighted by Gasteiger charge is -2.07. The van der Waals surface area contributed by atoms with Crippen molar-refractivity contribution in [1.29, 1.82) is 0 Å². The molecule has 10 nitrogen and oxygen atoms in total. The van der Waals surface area contributed by atoms with Crippen LogP contribution in [0.25, 0.3) is 16.6 Å². The topological polar surface area (TPSA) is 128 Å². The van der Waals surface area contributed by atoms with E-state index in [2.05, 4.69) is 15.3 Å². The number of aryl methyl sites for hydroxylation is 1. The van der Waals surface area contributed by atoms with Gasteiger partial charge in [0.05, 0.1) is 28.7 Å². The molecule has 2 aromatic heterocycles. The summed E-state index contributed by atoms with van der Waals surface area (Å²) in [7, 11) is 1.71. The molecule has 4 rings (SSSR count). The highest BCUT2D eigenvalue weighted by Crippen LogP contribution is 2.14. The normalized spacial score (nSPS) is 10.9. The van der Waals surface area contributed by atoms with E-state index < -0.39 is 24.0 Å². The lowest BCUT2D eigenvalue weighted by Crippen LogP contribution is -2.26. The average molecular weight is 461 g/mol. The van der Waals surface area contributed by atoms with E-state index in [1.165, 1.54) is 4.68 Å². The zero-order valence-corrected chi connectivity index (χ0v) is 18.7. The van der Waals surface area contributed by atoms with Crippen LogP contribution in [0.5, 0.6) is 0 Å². The summed E-state index contributed by atoms with van der Waals surface area (Å²) in [5.41, 5.74) is 1.19.